The summed E-state index contributed by atoms with van der Waals surface area (Å²) in [7, 11) is 1.57. The Kier molecular flexibility index (Phi) is 7.53. The highest BCUT2D eigenvalue weighted by molar-refractivity contribution is 5.88. The molecule has 0 atom stereocenters. The monoisotopic (exact) mass is 493 g/mol. The molecule has 0 radical (unpaired) electrons. The van der Waals surface area contributed by atoms with Crippen LogP contribution >= 0.6 is 0 Å². The second kappa shape index (κ2) is 10.9. The number of aryl methyl sites for hydroxylation is 1. The third-order valence-corrected chi connectivity index (χ3v) is 5.71. The van der Waals surface area contributed by atoms with E-state index in [2.05, 4.69) is 20.6 Å². The van der Waals surface area contributed by atoms with Crippen molar-refractivity contribution in [3.8, 4) is 22.8 Å². The molecule has 0 aliphatic carbocycles. The third kappa shape index (κ3) is 5.32. The van der Waals surface area contributed by atoms with E-state index in [0.717, 1.165) is 16.6 Å². The van der Waals surface area contributed by atoms with E-state index in [-0.39, 0.29) is 12.4 Å². The minimum absolute atomic E-state index is 0.214. The highest BCUT2D eigenvalue weighted by Gasteiger charge is 2.14. The van der Waals surface area contributed by atoms with Crippen molar-refractivity contribution in [2.45, 2.75) is 20.4 Å². The number of methoxy groups -OCH3 is 1. The lowest BCUT2D eigenvalue weighted by Crippen LogP contribution is -2.13. The first-order valence-corrected chi connectivity index (χ1v) is 11.5. The second-order valence-corrected chi connectivity index (χ2v) is 8.06. The maximum absolute atomic E-state index is 14.6. The zero-order chi connectivity index (χ0) is 25.7. The quantitative estimate of drug-likeness (QED) is 0.279. The van der Waals surface area contributed by atoms with E-state index in [1.807, 2.05) is 42.7 Å². The predicted molar refractivity (Wildman–Crippen MR) is 136 cm³/mol. The number of benzene rings is 2. The van der Waals surface area contributed by atoms with Crippen LogP contribution in [0.2, 0.25) is 0 Å². The second-order valence-electron chi connectivity index (χ2n) is 8.06. The van der Waals surface area contributed by atoms with Gasteiger partial charge in [-0.3, -0.25) is 4.79 Å². The molecule has 0 spiro atoms. The molecule has 36 heavy (non-hydrogen) atoms. The van der Waals surface area contributed by atoms with E-state index >= 15 is 0 Å². The van der Waals surface area contributed by atoms with Crippen LogP contribution in [0.1, 0.15) is 12.6 Å². The molecule has 0 unspecified atom stereocenters. The number of carboxylic acids is 1. The fraction of sp³-hybridized carbons (Fsp3) is 0.269. The highest BCUT2D eigenvalue weighted by atomic mass is 19.1. The fourth-order valence-electron chi connectivity index (χ4n) is 4.09. The Morgan fingerprint density at radius 1 is 1.11 bits per heavy atom. The van der Waals surface area contributed by atoms with Gasteiger partial charge in [0.15, 0.2) is 0 Å². The van der Waals surface area contributed by atoms with Gasteiger partial charge in [0.05, 0.1) is 30.6 Å². The van der Waals surface area contributed by atoms with Crippen molar-refractivity contribution in [3.05, 3.63) is 60.3 Å². The first kappa shape index (κ1) is 24.8. The lowest BCUT2D eigenvalue weighted by Gasteiger charge is -2.14. The molecule has 2 heterocycles. The van der Waals surface area contributed by atoms with Crippen LogP contribution in [-0.4, -0.2) is 52.4 Å². The standard InChI is InChI=1S/C26H28FN5O4/c1-4-36-23-12-17(5-7-20(23)29-14-25(33)34)21-13-24(31-15-30-21)28-9-10-32-16(2)11-18-22(35-3)8-6-19(27)26(18)32/h5-8,11-13,15,29H,4,9-10,14H2,1-3H3,(H,33,34)(H,28,30,31). The van der Waals surface area contributed by atoms with Crippen LogP contribution in [0.4, 0.5) is 15.9 Å². The maximum Gasteiger partial charge on any atom is 0.322 e. The summed E-state index contributed by atoms with van der Waals surface area (Å²) >= 11 is 0. The van der Waals surface area contributed by atoms with E-state index < -0.39 is 5.97 Å². The SMILES string of the molecule is CCOc1cc(-c2cc(NCCn3c(C)cc4c(OC)ccc(F)c43)ncn2)ccc1NCC(=O)O. The number of hydrogen-bond acceptors (Lipinski definition) is 7. The number of ether oxygens (including phenoxy) is 2. The molecule has 0 fully saturated rings. The van der Waals surface area contributed by atoms with Crippen molar-refractivity contribution in [3.63, 3.8) is 0 Å². The Morgan fingerprint density at radius 2 is 1.94 bits per heavy atom. The molecule has 10 heteroatoms. The fourth-order valence-corrected chi connectivity index (χ4v) is 4.09. The van der Waals surface area contributed by atoms with Crippen LogP contribution in [0.25, 0.3) is 22.2 Å². The molecule has 0 amide bonds. The van der Waals surface area contributed by atoms with Gasteiger partial charge in [-0.05, 0) is 44.2 Å². The zero-order valence-electron chi connectivity index (χ0n) is 20.3. The van der Waals surface area contributed by atoms with Crippen molar-refractivity contribution >= 4 is 28.4 Å². The minimum atomic E-state index is -0.960. The summed E-state index contributed by atoms with van der Waals surface area (Å²) in [4.78, 5) is 19.6. The summed E-state index contributed by atoms with van der Waals surface area (Å²) in [6.07, 6.45) is 1.47. The lowest BCUT2D eigenvalue weighted by molar-refractivity contribution is -0.134. The van der Waals surface area contributed by atoms with Crippen molar-refractivity contribution in [1.82, 2.24) is 14.5 Å². The Hall–Kier alpha value is -4.34. The number of nitrogens with one attached hydrogen (secondary N) is 2. The number of hydrogen-bond donors (Lipinski definition) is 3. The number of aromatic nitrogens is 3. The molecular formula is C26H28FN5O4. The average Bonchev–Trinajstić information content (AvgIpc) is 3.20. The lowest BCUT2D eigenvalue weighted by atomic mass is 10.1. The molecule has 0 bridgehead atoms. The van der Waals surface area contributed by atoms with Crippen LogP contribution in [-0.2, 0) is 11.3 Å². The van der Waals surface area contributed by atoms with Crippen molar-refractivity contribution in [1.29, 1.82) is 0 Å². The predicted octanol–water partition coefficient (Wildman–Crippen LogP) is 4.56. The van der Waals surface area contributed by atoms with E-state index in [9.17, 15) is 9.18 Å². The van der Waals surface area contributed by atoms with Crippen LogP contribution < -0.4 is 20.1 Å². The largest absolute Gasteiger partial charge is 0.496 e. The van der Waals surface area contributed by atoms with Crippen LogP contribution in [0.3, 0.4) is 0 Å². The Labute approximate surface area is 207 Å². The molecule has 188 valence electrons. The summed E-state index contributed by atoms with van der Waals surface area (Å²) in [6.45, 7) is 5.05. The third-order valence-electron chi connectivity index (χ3n) is 5.71. The summed E-state index contributed by atoms with van der Waals surface area (Å²) in [6, 6.07) is 12.2. The van der Waals surface area contributed by atoms with Gasteiger partial charge in [0.1, 0.15) is 36.0 Å². The van der Waals surface area contributed by atoms with Crippen LogP contribution in [0, 0.1) is 12.7 Å². The zero-order valence-corrected chi connectivity index (χ0v) is 20.3. The summed E-state index contributed by atoms with van der Waals surface area (Å²) in [5.74, 6) is 0.542. The number of aliphatic carboxylic acids is 1. The van der Waals surface area contributed by atoms with Crippen LogP contribution in [0.5, 0.6) is 11.5 Å². The van der Waals surface area contributed by atoms with Crippen LogP contribution in [0.15, 0.2) is 48.8 Å². The number of fused-ring (bicyclic) bond motifs is 1. The molecule has 2 aromatic heterocycles. The van der Waals surface area contributed by atoms with Crippen molar-refractivity contribution < 1.29 is 23.8 Å². The Balaban J connectivity index is 1.50. The number of carboxylic acid groups (broad SMARTS) is 1. The van der Waals surface area contributed by atoms with Crippen molar-refractivity contribution in [2.75, 3.05) is 37.4 Å². The van der Waals surface area contributed by atoms with E-state index in [4.69, 9.17) is 14.6 Å². The number of rotatable bonds is 11. The minimum Gasteiger partial charge on any atom is -0.496 e. The van der Waals surface area contributed by atoms with Gasteiger partial charge in [0, 0.05) is 35.8 Å². The summed E-state index contributed by atoms with van der Waals surface area (Å²) in [5.41, 5.74) is 3.51. The summed E-state index contributed by atoms with van der Waals surface area (Å²) in [5, 5.41) is 15.8. The molecule has 4 aromatic rings. The van der Waals surface area contributed by atoms with Gasteiger partial charge in [-0.25, -0.2) is 14.4 Å². The first-order chi connectivity index (χ1) is 17.4. The van der Waals surface area contributed by atoms with Gasteiger partial charge in [0.25, 0.3) is 0 Å². The van der Waals surface area contributed by atoms with Crippen molar-refractivity contribution in [2.24, 2.45) is 0 Å². The van der Waals surface area contributed by atoms with Gasteiger partial charge in [-0.2, -0.15) is 0 Å². The van der Waals surface area contributed by atoms with E-state index in [1.54, 1.807) is 19.2 Å². The maximum atomic E-state index is 14.6. The Morgan fingerprint density at radius 3 is 2.69 bits per heavy atom. The van der Waals surface area contributed by atoms with E-state index in [0.29, 0.717) is 53.9 Å². The molecule has 4 rings (SSSR count). The molecule has 9 nitrogen and oxygen atoms in total. The number of halogens is 1. The number of anilines is 2. The topological polar surface area (TPSA) is 111 Å². The molecule has 0 saturated carbocycles. The van der Waals surface area contributed by atoms with E-state index in [1.165, 1.54) is 12.4 Å². The molecule has 0 saturated heterocycles. The molecular weight excluding hydrogens is 465 g/mol. The Bertz CT molecular complexity index is 1390. The van der Waals surface area contributed by atoms with Gasteiger partial charge in [-0.15, -0.1) is 0 Å². The average molecular weight is 494 g/mol. The normalized spacial score (nSPS) is 10.9. The van der Waals surface area contributed by atoms with Gasteiger partial charge < -0.3 is 29.8 Å². The molecule has 0 aliphatic heterocycles. The molecule has 0 aliphatic rings. The molecule has 2 aromatic carbocycles. The van der Waals surface area contributed by atoms with Gasteiger partial charge >= 0.3 is 5.97 Å². The summed E-state index contributed by atoms with van der Waals surface area (Å²) < 4.78 is 27.6. The smallest absolute Gasteiger partial charge is 0.322 e. The molecule has 3 N–H and O–H groups in total. The highest BCUT2D eigenvalue weighted by Crippen LogP contribution is 2.32. The number of carbonyl (C=O) groups is 1. The first-order valence-electron chi connectivity index (χ1n) is 11.5. The van der Waals surface area contributed by atoms with Gasteiger partial charge in [0.2, 0.25) is 0 Å². The number of nitrogens with zero attached hydrogens (tertiary/aromatic N) is 3. The van der Waals surface area contributed by atoms with Gasteiger partial charge in [-0.1, -0.05) is 6.07 Å².